The first-order chi connectivity index (χ1) is 15.7. The minimum atomic E-state index is -0.309. The summed E-state index contributed by atoms with van der Waals surface area (Å²) in [5.74, 6) is 1.09. The van der Waals surface area contributed by atoms with Crippen molar-refractivity contribution in [2.45, 2.75) is 25.5 Å². The van der Waals surface area contributed by atoms with Crippen LogP contribution < -0.4 is 15.2 Å². The Kier molecular flexibility index (Phi) is 5.91. The number of ether oxygens (including phenoxy) is 4. The molecule has 0 amide bonds. The molecule has 0 saturated carbocycles. The van der Waals surface area contributed by atoms with Crippen molar-refractivity contribution in [3.8, 4) is 22.9 Å². The predicted molar refractivity (Wildman–Crippen MR) is 118 cm³/mol. The maximum Gasteiger partial charge on any atom is 0.351 e. The van der Waals surface area contributed by atoms with E-state index < -0.39 is 0 Å². The first-order valence-corrected chi connectivity index (χ1v) is 10.8. The monoisotopic (exact) mass is 438 g/mol. The van der Waals surface area contributed by atoms with Crippen molar-refractivity contribution in [2.24, 2.45) is 5.10 Å². The van der Waals surface area contributed by atoms with Crippen molar-refractivity contribution in [3.63, 3.8) is 0 Å². The van der Waals surface area contributed by atoms with Crippen molar-refractivity contribution < 1.29 is 18.9 Å². The third kappa shape index (κ3) is 4.53. The van der Waals surface area contributed by atoms with Gasteiger partial charge in [-0.1, -0.05) is 6.08 Å². The normalized spacial score (nSPS) is 19.7. The van der Waals surface area contributed by atoms with Gasteiger partial charge < -0.3 is 18.9 Å². The van der Waals surface area contributed by atoms with Gasteiger partial charge in [0.1, 0.15) is 25.1 Å². The van der Waals surface area contributed by atoms with Gasteiger partial charge in [0, 0.05) is 37.8 Å². The van der Waals surface area contributed by atoms with Crippen LogP contribution in [0.4, 0.5) is 0 Å². The Balaban J connectivity index is 1.32. The van der Waals surface area contributed by atoms with Gasteiger partial charge in [0.2, 0.25) is 5.88 Å². The number of hydrogen-bond donors (Lipinski definition) is 0. The van der Waals surface area contributed by atoms with Crippen LogP contribution in [0.3, 0.4) is 0 Å². The zero-order chi connectivity index (χ0) is 21.9. The number of hydrogen-bond acceptors (Lipinski definition) is 8. The summed E-state index contributed by atoms with van der Waals surface area (Å²) in [6, 6.07) is 7.78. The lowest BCUT2D eigenvalue weighted by Gasteiger charge is -2.24. The Bertz CT molecular complexity index is 1100. The van der Waals surface area contributed by atoms with Crippen molar-refractivity contribution in [3.05, 3.63) is 52.6 Å². The van der Waals surface area contributed by atoms with E-state index in [0.717, 1.165) is 41.1 Å². The molecule has 1 aromatic carbocycles. The lowest BCUT2D eigenvalue weighted by Crippen LogP contribution is -2.34. The summed E-state index contributed by atoms with van der Waals surface area (Å²) in [5, 5.41) is 6.23. The predicted octanol–water partition coefficient (Wildman–Crippen LogP) is 1.84. The minimum absolute atomic E-state index is 0.152. The number of rotatable bonds is 6. The molecule has 3 aliphatic rings. The lowest BCUT2D eigenvalue weighted by molar-refractivity contribution is -0.102. The highest BCUT2D eigenvalue weighted by Crippen LogP contribution is 2.32. The van der Waals surface area contributed by atoms with Gasteiger partial charge in [-0.05, 0) is 30.2 Å². The molecule has 1 fully saturated rings. The Morgan fingerprint density at radius 2 is 2.16 bits per heavy atom. The third-order valence-corrected chi connectivity index (χ3v) is 5.63. The van der Waals surface area contributed by atoms with Crippen molar-refractivity contribution >= 4 is 5.71 Å². The van der Waals surface area contributed by atoms with E-state index in [0.29, 0.717) is 45.5 Å². The third-order valence-electron chi connectivity index (χ3n) is 5.63. The Hall–Kier alpha value is -3.17. The summed E-state index contributed by atoms with van der Waals surface area (Å²) in [6.07, 6.45) is 5.37. The number of aromatic nitrogens is 2. The number of fused-ring (bicyclic) bond motifs is 3. The van der Waals surface area contributed by atoms with Gasteiger partial charge in [-0.25, -0.2) is 4.79 Å². The molecule has 1 atom stereocenters. The zero-order valence-electron chi connectivity index (χ0n) is 18.0. The molecule has 4 heterocycles. The van der Waals surface area contributed by atoms with E-state index in [9.17, 15) is 4.79 Å². The van der Waals surface area contributed by atoms with Gasteiger partial charge in [-0.3, -0.25) is 9.58 Å². The van der Waals surface area contributed by atoms with Gasteiger partial charge in [0.05, 0.1) is 31.2 Å². The van der Waals surface area contributed by atoms with Crippen LogP contribution in [-0.2, 0) is 22.4 Å². The first kappa shape index (κ1) is 20.7. The molecule has 0 N–H and O–H groups in total. The SMILES string of the molecule is CN1C=CCC(COc2ccc3c(c2)CCn2c-3cc(OCC3COCCO3)nc2=O)=N1. The second kappa shape index (κ2) is 9.13. The number of hydrazone groups is 1. The van der Waals surface area contributed by atoms with Gasteiger partial charge in [-0.15, -0.1) is 0 Å². The van der Waals surface area contributed by atoms with Gasteiger partial charge in [-0.2, -0.15) is 10.1 Å². The molecule has 1 aromatic heterocycles. The molecule has 2 aromatic rings. The molecule has 0 aliphatic carbocycles. The summed E-state index contributed by atoms with van der Waals surface area (Å²) < 4.78 is 24.4. The van der Waals surface area contributed by atoms with Crippen LogP contribution in [-0.4, -0.2) is 66.5 Å². The maximum atomic E-state index is 12.6. The van der Waals surface area contributed by atoms with Gasteiger partial charge in [0.15, 0.2) is 0 Å². The Labute approximate surface area is 185 Å². The Morgan fingerprint density at radius 1 is 1.22 bits per heavy atom. The number of nitrogens with zero attached hydrogens (tertiary/aromatic N) is 4. The topological polar surface area (TPSA) is 87.4 Å². The molecule has 1 saturated heterocycles. The van der Waals surface area contributed by atoms with Gasteiger partial charge in [0.25, 0.3) is 0 Å². The summed E-state index contributed by atoms with van der Waals surface area (Å²) in [4.78, 5) is 16.7. The highest BCUT2D eigenvalue weighted by molar-refractivity contribution is 5.87. The molecule has 5 rings (SSSR count). The van der Waals surface area contributed by atoms with Gasteiger partial charge >= 0.3 is 5.69 Å². The second-order valence-electron chi connectivity index (χ2n) is 7.98. The van der Waals surface area contributed by atoms with E-state index in [1.807, 2.05) is 37.5 Å². The Morgan fingerprint density at radius 3 is 3.00 bits per heavy atom. The molecular formula is C23H26N4O5. The largest absolute Gasteiger partial charge is 0.488 e. The number of benzene rings is 1. The van der Waals surface area contributed by atoms with Crippen molar-refractivity contribution in [1.82, 2.24) is 14.6 Å². The summed E-state index contributed by atoms with van der Waals surface area (Å²) >= 11 is 0. The highest BCUT2D eigenvalue weighted by atomic mass is 16.6. The molecule has 0 bridgehead atoms. The average Bonchev–Trinajstić information content (AvgIpc) is 2.82. The molecule has 168 valence electrons. The van der Waals surface area contributed by atoms with E-state index in [1.54, 1.807) is 9.58 Å². The quantitative estimate of drug-likeness (QED) is 0.680. The van der Waals surface area contributed by atoms with E-state index in [-0.39, 0.29) is 11.8 Å². The van der Waals surface area contributed by atoms with Crippen LogP contribution in [0.15, 0.2) is 46.4 Å². The minimum Gasteiger partial charge on any atom is -0.488 e. The standard InChI is InChI=1S/C23H26N4O5/c1-26-7-2-3-17(25-26)13-31-18-4-5-20-16(11-18)6-8-27-21(20)12-22(24-23(27)28)32-15-19-14-29-9-10-30-19/h2,4-5,7,11-12,19H,3,6,8-10,13-15H2,1H3. The molecule has 0 spiro atoms. The van der Waals surface area contributed by atoms with E-state index in [4.69, 9.17) is 18.9 Å². The first-order valence-electron chi connectivity index (χ1n) is 10.8. The maximum absolute atomic E-state index is 12.6. The smallest absolute Gasteiger partial charge is 0.351 e. The fraction of sp³-hybridized carbons (Fsp3) is 0.435. The van der Waals surface area contributed by atoms with E-state index in [2.05, 4.69) is 16.2 Å². The zero-order valence-corrected chi connectivity index (χ0v) is 18.0. The van der Waals surface area contributed by atoms with Crippen LogP contribution in [0.25, 0.3) is 11.3 Å². The fourth-order valence-electron chi connectivity index (χ4n) is 4.05. The lowest BCUT2D eigenvalue weighted by atomic mass is 9.97. The van der Waals surface area contributed by atoms with Crippen LogP contribution in [0.2, 0.25) is 0 Å². The van der Waals surface area contributed by atoms with Crippen LogP contribution in [0.1, 0.15) is 12.0 Å². The summed E-state index contributed by atoms with van der Waals surface area (Å²) in [5.41, 5.74) is 3.59. The van der Waals surface area contributed by atoms with Crippen LogP contribution in [0.5, 0.6) is 11.6 Å². The van der Waals surface area contributed by atoms with Crippen LogP contribution >= 0.6 is 0 Å². The molecule has 3 aliphatic heterocycles. The summed E-state index contributed by atoms with van der Waals surface area (Å²) in [6.45, 7) is 2.93. The molecular weight excluding hydrogens is 412 g/mol. The van der Waals surface area contributed by atoms with Crippen molar-refractivity contribution in [1.29, 1.82) is 0 Å². The molecule has 0 radical (unpaired) electrons. The number of allylic oxidation sites excluding steroid dienone is 1. The van der Waals surface area contributed by atoms with Crippen LogP contribution in [0, 0.1) is 0 Å². The molecule has 9 heteroatoms. The second-order valence-corrected chi connectivity index (χ2v) is 7.98. The van der Waals surface area contributed by atoms with E-state index in [1.165, 1.54) is 0 Å². The van der Waals surface area contributed by atoms with E-state index >= 15 is 0 Å². The molecule has 32 heavy (non-hydrogen) atoms. The summed E-state index contributed by atoms with van der Waals surface area (Å²) in [7, 11) is 1.90. The molecule has 9 nitrogen and oxygen atoms in total. The number of aryl methyl sites for hydroxylation is 1. The average molecular weight is 438 g/mol. The highest BCUT2D eigenvalue weighted by Gasteiger charge is 2.21. The van der Waals surface area contributed by atoms with Crippen molar-refractivity contribution in [2.75, 3.05) is 40.1 Å². The fourth-order valence-corrected chi connectivity index (χ4v) is 4.05. The molecule has 1 unspecified atom stereocenters.